The minimum Gasteiger partial charge on any atom is -0.388 e. The fraction of sp³-hybridized carbons (Fsp3) is 0.560. The summed E-state index contributed by atoms with van der Waals surface area (Å²) >= 11 is 0. The molecule has 2 aromatic rings. The van der Waals surface area contributed by atoms with Crippen molar-refractivity contribution in [2.45, 2.75) is 70.1 Å². The van der Waals surface area contributed by atoms with E-state index in [2.05, 4.69) is 15.2 Å². The number of para-hydroxylation sites is 1. The predicted molar refractivity (Wildman–Crippen MR) is 132 cm³/mol. The number of fused-ring (bicyclic) bond motifs is 1. The standard InChI is InChI=1S/C25H33F3N4O2S/c1-18-13-21(29-2)14-22(30-18)16-32-23(12-11-19-7-3-4-8-19)17-31(35(33,34)25(26,27)28)15-20-9-5-6-10-24(20)32/h5-6,9-10,13-14,19,23H,3-4,7-8,11-12,15-17H2,1-2H3,(H,29,30). The molecule has 1 saturated carbocycles. The molecule has 0 radical (unpaired) electrons. The van der Waals surface area contributed by atoms with Crippen molar-refractivity contribution in [2.24, 2.45) is 5.92 Å². The zero-order valence-electron chi connectivity index (χ0n) is 20.2. The van der Waals surface area contributed by atoms with Gasteiger partial charge in [-0.25, -0.2) is 8.42 Å². The van der Waals surface area contributed by atoms with E-state index in [1.807, 2.05) is 38.2 Å². The molecule has 0 saturated heterocycles. The maximum absolute atomic E-state index is 13.6. The highest BCUT2D eigenvalue weighted by molar-refractivity contribution is 7.89. The summed E-state index contributed by atoms with van der Waals surface area (Å²) in [6, 6.07) is 10.6. The summed E-state index contributed by atoms with van der Waals surface area (Å²) in [7, 11) is -3.64. The van der Waals surface area contributed by atoms with Crippen LogP contribution in [0.4, 0.5) is 24.5 Å². The normalized spacial score (nSPS) is 20.0. The van der Waals surface area contributed by atoms with Crippen molar-refractivity contribution in [3.8, 4) is 0 Å². The zero-order valence-corrected chi connectivity index (χ0v) is 21.0. The van der Waals surface area contributed by atoms with Crippen LogP contribution in [0.15, 0.2) is 36.4 Å². The lowest BCUT2D eigenvalue weighted by Gasteiger charge is -2.35. The topological polar surface area (TPSA) is 65.5 Å². The summed E-state index contributed by atoms with van der Waals surface area (Å²) < 4.78 is 66.5. The molecule has 1 aromatic heterocycles. The van der Waals surface area contributed by atoms with E-state index in [1.165, 1.54) is 12.8 Å². The lowest BCUT2D eigenvalue weighted by molar-refractivity contribution is -0.0492. The quantitative estimate of drug-likeness (QED) is 0.537. The predicted octanol–water partition coefficient (Wildman–Crippen LogP) is 5.44. The van der Waals surface area contributed by atoms with Gasteiger partial charge in [0.25, 0.3) is 0 Å². The van der Waals surface area contributed by atoms with Gasteiger partial charge in [0.2, 0.25) is 0 Å². The average Bonchev–Trinajstić information content (AvgIpc) is 3.27. The fourth-order valence-electron chi connectivity index (χ4n) is 5.36. The smallest absolute Gasteiger partial charge is 0.388 e. The molecule has 1 aliphatic carbocycles. The van der Waals surface area contributed by atoms with Gasteiger partial charge in [-0.15, -0.1) is 0 Å². The number of alkyl halides is 3. The molecule has 10 heteroatoms. The first-order valence-electron chi connectivity index (χ1n) is 12.1. The highest BCUT2D eigenvalue weighted by atomic mass is 32.2. The summed E-state index contributed by atoms with van der Waals surface area (Å²) in [6.45, 7) is 1.75. The van der Waals surface area contributed by atoms with E-state index >= 15 is 0 Å². The summed E-state index contributed by atoms with van der Waals surface area (Å²) in [6.07, 6.45) is 6.09. The molecule has 6 nitrogen and oxygen atoms in total. The van der Waals surface area contributed by atoms with Crippen molar-refractivity contribution < 1.29 is 21.6 Å². The Morgan fingerprint density at radius 2 is 1.83 bits per heavy atom. The van der Waals surface area contributed by atoms with Crippen LogP contribution < -0.4 is 10.2 Å². The first kappa shape index (κ1) is 25.8. The lowest BCUT2D eigenvalue weighted by Crippen LogP contribution is -2.47. The van der Waals surface area contributed by atoms with Gasteiger partial charge < -0.3 is 10.2 Å². The Morgan fingerprint density at radius 3 is 2.51 bits per heavy atom. The van der Waals surface area contributed by atoms with Crippen LogP contribution in [0.25, 0.3) is 0 Å². The second kappa shape index (κ2) is 10.3. The molecule has 2 heterocycles. The van der Waals surface area contributed by atoms with Gasteiger partial charge in [-0.1, -0.05) is 43.9 Å². The second-order valence-corrected chi connectivity index (χ2v) is 11.5. The van der Waals surface area contributed by atoms with Crippen LogP contribution in [0.2, 0.25) is 0 Å². The minimum atomic E-state index is -5.47. The number of sulfonamides is 1. The maximum Gasteiger partial charge on any atom is 0.511 e. The molecule has 1 aromatic carbocycles. The van der Waals surface area contributed by atoms with Gasteiger partial charge in [-0.05, 0) is 49.4 Å². The van der Waals surface area contributed by atoms with Crippen LogP contribution >= 0.6 is 0 Å². The second-order valence-electron chi connectivity index (χ2n) is 9.62. The number of nitrogens with one attached hydrogen (secondary N) is 1. The van der Waals surface area contributed by atoms with E-state index in [0.29, 0.717) is 28.8 Å². The van der Waals surface area contributed by atoms with Gasteiger partial charge in [0.15, 0.2) is 0 Å². The van der Waals surface area contributed by atoms with Crippen molar-refractivity contribution in [2.75, 3.05) is 23.8 Å². The Kier molecular flexibility index (Phi) is 7.61. The molecule has 4 rings (SSSR count). The number of benzene rings is 1. The third-order valence-corrected chi connectivity index (χ3v) is 8.69. The van der Waals surface area contributed by atoms with E-state index in [-0.39, 0.29) is 13.1 Å². The molecule has 0 bridgehead atoms. The molecule has 1 atom stereocenters. The van der Waals surface area contributed by atoms with E-state index in [4.69, 9.17) is 0 Å². The van der Waals surface area contributed by atoms with Crippen molar-refractivity contribution in [1.82, 2.24) is 9.29 Å². The summed E-state index contributed by atoms with van der Waals surface area (Å²) in [4.78, 5) is 6.73. The summed E-state index contributed by atoms with van der Waals surface area (Å²) in [5.41, 5.74) is -1.50. The molecule has 1 unspecified atom stereocenters. The van der Waals surface area contributed by atoms with Crippen molar-refractivity contribution >= 4 is 21.4 Å². The highest BCUT2D eigenvalue weighted by Gasteiger charge is 2.51. The summed E-state index contributed by atoms with van der Waals surface area (Å²) in [5.74, 6) is 0.538. The van der Waals surface area contributed by atoms with Crippen LogP contribution in [0.3, 0.4) is 0 Å². The zero-order chi connectivity index (χ0) is 25.2. The molecular weight excluding hydrogens is 477 g/mol. The minimum absolute atomic E-state index is 0.214. The van der Waals surface area contributed by atoms with E-state index in [1.54, 1.807) is 12.1 Å². The molecule has 2 aliphatic rings. The number of aryl methyl sites for hydroxylation is 1. The number of nitrogens with zero attached hydrogens (tertiary/aromatic N) is 3. The Hall–Kier alpha value is -2.33. The molecule has 1 aliphatic heterocycles. The first-order valence-corrected chi connectivity index (χ1v) is 13.6. The number of hydrogen-bond acceptors (Lipinski definition) is 5. The Balaban J connectivity index is 1.74. The Bertz CT molecular complexity index is 1130. The first-order chi connectivity index (χ1) is 16.6. The van der Waals surface area contributed by atoms with Crippen molar-refractivity contribution in [3.63, 3.8) is 0 Å². The van der Waals surface area contributed by atoms with Crippen LogP contribution in [-0.4, -0.2) is 42.8 Å². The number of pyridine rings is 1. The fourth-order valence-corrected chi connectivity index (χ4v) is 6.33. The molecule has 0 spiro atoms. The maximum atomic E-state index is 13.6. The number of aromatic nitrogens is 1. The van der Waals surface area contributed by atoms with Crippen LogP contribution in [0.5, 0.6) is 0 Å². The van der Waals surface area contributed by atoms with Crippen molar-refractivity contribution in [3.05, 3.63) is 53.3 Å². The SMILES string of the molecule is CNc1cc(C)nc(CN2c3ccccc3CN(S(=O)(=O)C(F)(F)F)CC2CCC2CCCC2)c1. The molecular formula is C25H33F3N4O2S. The number of rotatable bonds is 7. The van der Waals surface area contributed by atoms with Gasteiger partial charge in [-0.3, -0.25) is 4.98 Å². The van der Waals surface area contributed by atoms with E-state index in [9.17, 15) is 21.6 Å². The van der Waals surface area contributed by atoms with Gasteiger partial charge >= 0.3 is 15.5 Å². The Labute approximate surface area is 205 Å². The molecule has 35 heavy (non-hydrogen) atoms. The highest BCUT2D eigenvalue weighted by Crippen LogP contribution is 2.37. The largest absolute Gasteiger partial charge is 0.511 e. The summed E-state index contributed by atoms with van der Waals surface area (Å²) in [5, 5.41) is 3.12. The van der Waals surface area contributed by atoms with Gasteiger partial charge in [0, 0.05) is 43.2 Å². The Morgan fingerprint density at radius 1 is 1.11 bits per heavy atom. The molecule has 1 fully saturated rings. The van der Waals surface area contributed by atoms with E-state index < -0.39 is 21.6 Å². The van der Waals surface area contributed by atoms with E-state index in [0.717, 1.165) is 42.0 Å². The van der Waals surface area contributed by atoms with Crippen LogP contribution in [0.1, 0.15) is 55.5 Å². The third-order valence-electron chi connectivity index (χ3n) is 7.15. The number of halogens is 3. The average molecular weight is 511 g/mol. The molecule has 1 N–H and O–H groups in total. The van der Waals surface area contributed by atoms with Crippen LogP contribution in [0, 0.1) is 12.8 Å². The molecule has 192 valence electrons. The van der Waals surface area contributed by atoms with Gasteiger partial charge in [0.1, 0.15) is 0 Å². The number of anilines is 2. The number of hydrogen-bond donors (Lipinski definition) is 1. The third kappa shape index (κ3) is 5.74. The van der Waals surface area contributed by atoms with Crippen molar-refractivity contribution in [1.29, 1.82) is 0 Å². The lowest BCUT2D eigenvalue weighted by atomic mass is 9.97. The molecule has 0 amide bonds. The monoisotopic (exact) mass is 510 g/mol. The van der Waals surface area contributed by atoms with Crippen LogP contribution in [-0.2, 0) is 23.1 Å². The van der Waals surface area contributed by atoms with Gasteiger partial charge in [-0.2, -0.15) is 17.5 Å². The van der Waals surface area contributed by atoms with Gasteiger partial charge in [0.05, 0.1) is 12.2 Å².